The van der Waals surface area contributed by atoms with Crippen molar-refractivity contribution in [1.29, 1.82) is 0 Å². The molecule has 12 aromatic rings. The van der Waals surface area contributed by atoms with Crippen LogP contribution in [0.3, 0.4) is 0 Å². The van der Waals surface area contributed by atoms with Crippen molar-refractivity contribution in [1.82, 2.24) is 14.5 Å². The Morgan fingerprint density at radius 3 is 2.05 bits per heavy atom. The number of fused-ring (bicyclic) bond motifs is 10. The van der Waals surface area contributed by atoms with Gasteiger partial charge in [-0.3, -0.25) is 0 Å². The van der Waals surface area contributed by atoms with Crippen LogP contribution in [0.15, 0.2) is 180 Å². The fourth-order valence-electron chi connectivity index (χ4n) is 8.65. The van der Waals surface area contributed by atoms with Crippen molar-refractivity contribution in [2.45, 2.75) is 0 Å². The molecular weight excluding hydrogens is 691 g/mol. The van der Waals surface area contributed by atoms with Crippen molar-refractivity contribution in [3.8, 4) is 39.5 Å². The summed E-state index contributed by atoms with van der Waals surface area (Å²) in [6.45, 7) is 0. The molecule has 0 saturated carbocycles. The molecule has 12 rings (SSSR count). The Kier molecular flexibility index (Phi) is 6.47. The van der Waals surface area contributed by atoms with E-state index >= 15 is 0 Å². The zero-order valence-electron chi connectivity index (χ0n) is 29.4. The smallest absolute Gasteiger partial charge is 0.161 e. The van der Waals surface area contributed by atoms with Gasteiger partial charge >= 0.3 is 0 Å². The maximum absolute atomic E-state index is 6.95. The number of nitrogens with zero attached hydrogens (tertiary/aromatic N) is 3. The van der Waals surface area contributed by atoms with E-state index in [2.05, 4.69) is 174 Å². The molecular formula is C50H29N3OS. The summed E-state index contributed by atoms with van der Waals surface area (Å²) in [5, 5.41) is 8.04. The quantitative estimate of drug-likeness (QED) is 0.182. The predicted octanol–water partition coefficient (Wildman–Crippen LogP) is 14.0. The third kappa shape index (κ3) is 4.45. The molecule has 0 amide bonds. The number of hydrogen-bond donors (Lipinski definition) is 0. The maximum atomic E-state index is 6.95. The van der Waals surface area contributed by atoms with Crippen LogP contribution in [0.4, 0.5) is 0 Å². The van der Waals surface area contributed by atoms with Crippen LogP contribution in [0.2, 0.25) is 0 Å². The Labute approximate surface area is 319 Å². The summed E-state index contributed by atoms with van der Waals surface area (Å²) in [6, 6.07) is 62.3. The molecule has 0 bridgehead atoms. The maximum Gasteiger partial charge on any atom is 0.161 e. The molecule has 0 N–H and O–H groups in total. The number of hydrogen-bond acceptors (Lipinski definition) is 4. The zero-order chi connectivity index (χ0) is 36.0. The number of furan rings is 1. The average molecular weight is 720 g/mol. The van der Waals surface area contributed by atoms with Crippen molar-refractivity contribution in [3.63, 3.8) is 0 Å². The molecule has 0 saturated heterocycles. The van der Waals surface area contributed by atoms with Gasteiger partial charge < -0.3 is 8.98 Å². The summed E-state index contributed by atoms with van der Waals surface area (Å²) in [6.07, 6.45) is 0. The SMILES string of the molecule is c1ccc(-c2nc(-c3cccc4oc5c(-n6c7ccccc7c7c(-c8ccccc8)c8ccccc8cc76)cccc5c34)nc3c2sc2ccccc23)cc1. The first-order chi connectivity index (χ1) is 27.3. The highest BCUT2D eigenvalue weighted by molar-refractivity contribution is 7.26. The Bertz CT molecular complexity index is 3490. The van der Waals surface area contributed by atoms with Crippen molar-refractivity contribution in [2.75, 3.05) is 0 Å². The van der Waals surface area contributed by atoms with E-state index in [1.165, 1.54) is 37.4 Å². The standard InChI is InChI=1S/C50H29N3OS/c1-3-15-30(16-4-1)43-33-20-8-7-19-32(33)29-40-45(43)34-21-9-11-25-38(34)53(40)39-26-13-23-36-44-37(24-14-27-41(44)54-48(36)39)50-51-46(31-17-5-2-6-18-31)49-47(52-50)35-22-10-12-28-42(35)55-49/h1-29H. The second kappa shape index (κ2) is 11.7. The van der Waals surface area contributed by atoms with Crippen LogP contribution in [0.1, 0.15) is 0 Å². The first-order valence-electron chi connectivity index (χ1n) is 18.5. The largest absolute Gasteiger partial charge is 0.454 e. The van der Waals surface area contributed by atoms with Crippen LogP contribution in [-0.2, 0) is 0 Å². The normalized spacial score (nSPS) is 12.0. The van der Waals surface area contributed by atoms with Gasteiger partial charge in [-0.1, -0.05) is 146 Å². The first-order valence-corrected chi connectivity index (χ1v) is 19.3. The van der Waals surface area contributed by atoms with Crippen LogP contribution in [0, 0.1) is 0 Å². The third-order valence-electron chi connectivity index (χ3n) is 11.0. The van der Waals surface area contributed by atoms with Gasteiger partial charge in [0.15, 0.2) is 11.4 Å². The van der Waals surface area contributed by atoms with E-state index in [9.17, 15) is 0 Å². The summed E-state index contributed by atoms with van der Waals surface area (Å²) >= 11 is 1.75. The lowest BCUT2D eigenvalue weighted by Gasteiger charge is -2.12. The van der Waals surface area contributed by atoms with Gasteiger partial charge in [-0.25, -0.2) is 9.97 Å². The summed E-state index contributed by atoms with van der Waals surface area (Å²) in [5.74, 6) is 0.685. The first kappa shape index (κ1) is 30.4. The summed E-state index contributed by atoms with van der Waals surface area (Å²) in [7, 11) is 0. The lowest BCUT2D eigenvalue weighted by Crippen LogP contribution is -1.95. The van der Waals surface area contributed by atoms with E-state index in [4.69, 9.17) is 14.4 Å². The van der Waals surface area contributed by atoms with Crippen LogP contribution in [0.5, 0.6) is 0 Å². The molecule has 4 heterocycles. The van der Waals surface area contributed by atoms with Gasteiger partial charge in [0.2, 0.25) is 0 Å². The van der Waals surface area contributed by atoms with Crippen LogP contribution in [-0.4, -0.2) is 14.5 Å². The predicted molar refractivity (Wildman–Crippen MR) is 230 cm³/mol. The average Bonchev–Trinajstić information content (AvgIpc) is 3.93. The molecule has 0 aliphatic carbocycles. The minimum Gasteiger partial charge on any atom is -0.454 e. The summed E-state index contributed by atoms with van der Waals surface area (Å²) in [5.41, 5.74) is 11.3. The Balaban J connectivity index is 1.16. The van der Waals surface area contributed by atoms with Crippen molar-refractivity contribution in [3.05, 3.63) is 176 Å². The van der Waals surface area contributed by atoms with Gasteiger partial charge in [0.25, 0.3) is 0 Å². The van der Waals surface area contributed by atoms with Crippen molar-refractivity contribution >= 4 is 86.2 Å². The van der Waals surface area contributed by atoms with E-state index in [0.717, 1.165) is 71.1 Å². The highest BCUT2D eigenvalue weighted by Gasteiger charge is 2.24. The van der Waals surface area contributed by atoms with Gasteiger partial charge in [-0.2, -0.15) is 0 Å². The van der Waals surface area contributed by atoms with E-state index in [1.54, 1.807) is 11.3 Å². The topological polar surface area (TPSA) is 43.9 Å². The molecule has 256 valence electrons. The van der Waals surface area contributed by atoms with Crippen LogP contribution >= 0.6 is 11.3 Å². The van der Waals surface area contributed by atoms with Crippen LogP contribution in [0.25, 0.3) is 114 Å². The second-order valence-electron chi connectivity index (χ2n) is 14.1. The van der Waals surface area contributed by atoms with Gasteiger partial charge in [-0.15, -0.1) is 11.3 Å². The van der Waals surface area contributed by atoms with Crippen LogP contribution < -0.4 is 0 Å². The number of thiophene rings is 1. The molecule has 0 atom stereocenters. The second-order valence-corrected chi connectivity index (χ2v) is 15.1. The molecule has 8 aromatic carbocycles. The lowest BCUT2D eigenvalue weighted by atomic mass is 9.93. The molecule has 4 aromatic heterocycles. The molecule has 55 heavy (non-hydrogen) atoms. The minimum absolute atomic E-state index is 0.685. The number of rotatable bonds is 4. The van der Waals surface area contributed by atoms with Gasteiger partial charge in [0.1, 0.15) is 5.58 Å². The molecule has 0 fully saturated rings. The number of aromatic nitrogens is 3. The molecule has 0 spiro atoms. The fraction of sp³-hybridized carbons (Fsp3) is 0. The number of para-hydroxylation sites is 2. The van der Waals surface area contributed by atoms with E-state index in [1.807, 2.05) is 6.07 Å². The molecule has 0 aliphatic rings. The van der Waals surface area contributed by atoms with E-state index < -0.39 is 0 Å². The Morgan fingerprint density at radius 2 is 1.20 bits per heavy atom. The molecule has 5 heteroatoms. The molecule has 4 nitrogen and oxygen atoms in total. The highest BCUT2D eigenvalue weighted by atomic mass is 32.1. The van der Waals surface area contributed by atoms with Gasteiger partial charge in [-0.05, 0) is 52.2 Å². The van der Waals surface area contributed by atoms with Gasteiger partial charge in [0.05, 0.1) is 32.6 Å². The van der Waals surface area contributed by atoms with Crippen molar-refractivity contribution in [2.24, 2.45) is 0 Å². The van der Waals surface area contributed by atoms with Gasteiger partial charge in [0, 0.05) is 42.8 Å². The zero-order valence-corrected chi connectivity index (χ0v) is 30.2. The summed E-state index contributed by atoms with van der Waals surface area (Å²) < 4.78 is 11.6. The molecule has 0 unspecified atom stereocenters. The molecule has 0 aliphatic heterocycles. The number of benzene rings is 8. The van der Waals surface area contributed by atoms with E-state index in [0.29, 0.717) is 5.82 Å². The fourth-order valence-corrected chi connectivity index (χ4v) is 9.81. The molecule has 0 radical (unpaired) electrons. The Hall–Kier alpha value is -7.08. The third-order valence-corrected chi connectivity index (χ3v) is 12.2. The van der Waals surface area contributed by atoms with E-state index in [-0.39, 0.29) is 0 Å². The monoisotopic (exact) mass is 719 g/mol. The highest BCUT2D eigenvalue weighted by Crippen LogP contribution is 2.46. The lowest BCUT2D eigenvalue weighted by molar-refractivity contribution is 0.666. The summed E-state index contributed by atoms with van der Waals surface area (Å²) in [4.78, 5) is 10.7. The minimum atomic E-state index is 0.685. The Morgan fingerprint density at radius 1 is 0.509 bits per heavy atom. The van der Waals surface area contributed by atoms with Crippen molar-refractivity contribution < 1.29 is 4.42 Å².